The zero-order valence-corrected chi connectivity index (χ0v) is 68.9. The number of para-hydroxylation sites is 4. The maximum absolute atomic E-state index is 2.74. The second kappa shape index (κ2) is 26.1. The van der Waals surface area contributed by atoms with Crippen molar-refractivity contribution in [3.8, 4) is 72.4 Å². The molecular formula is C110H97BN4. The van der Waals surface area contributed by atoms with E-state index in [1.165, 1.54) is 143 Å². The van der Waals surface area contributed by atoms with Crippen LogP contribution in [0.15, 0.2) is 315 Å². The summed E-state index contributed by atoms with van der Waals surface area (Å²) in [5.74, 6) is 0. The number of hydrogen-bond donors (Lipinski definition) is 0. The summed E-state index contributed by atoms with van der Waals surface area (Å²) in [7, 11) is 0. The minimum absolute atomic E-state index is 0.0538. The van der Waals surface area contributed by atoms with Crippen LogP contribution < -0.4 is 26.2 Å². The summed E-state index contributed by atoms with van der Waals surface area (Å²) in [4.78, 5) is 5.41. The fraction of sp³-hybridized carbons (Fsp3) is 0.182. The topological polar surface area (TPSA) is 15.8 Å². The lowest BCUT2D eigenvalue weighted by Gasteiger charge is -2.45. The van der Waals surface area contributed by atoms with E-state index in [1.807, 2.05) is 0 Å². The molecule has 0 radical (unpaired) electrons. The molecule has 0 spiro atoms. The third kappa shape index (κ3) is 11.8. The van der Waals surface area contributed by atoms with Gasteiger partial charge in [-0.25, -0.2) is 0 Å². The molecular weight excluding hydrogens is 1390 g/mol. The zero-order chi connectivity index (χ0) is 79.1. The molecule has 0 saturated heterocycles. The molecule has 0 unspecified atom stereocenters. The summed E-state index contributed by atoms with van der Waals surface area (Å²) in [6, 6.07) is 122. The Bertz CT molecular complexity index is 6750. The summed E-state index contributed by atoms with van der Waals surface area (Å²) < 4.78 is 4.94. The van der Waals surface area contributed by atoms with Crippen LogP contribution in [0.4, 0.5) is 34.1 Å². The van der Waals surface area contributed by atoms with Gasteiger partial charge in [0, 0.05) is 77.6 Å². The summed E-state index contributed by atoms with van der Waals surface area (Å²) in [5, 5.41) is 7.45. The van der Waals surface area contributed by atoms with Crippen LogP contribution in [-0.4, -0.2) is 15.7 Å². The lowest BCUT2D eigenvalue weighted by molar-refractivity contribution is 0.568. The third-order valence-corrected chi connectivity index (χ3v) is 25.1. The Hall–Kier alpha value is -12.4. The van der Waals surface area contributed by atoms with Crippen LogP contribution in [0.3, 0.4) is 0 Å². The van der Waals surface area contributed by atoms with Crippen LogP contribution in [0, 0.1) is 0 Å². The Labute approximate surface area is 678 Å². The number of fused-ring (bicyclic) bond motifs is 13. The van der Waals surface area contributed by atoms with Gasteiger partial charge < -0.3 is 18.8 Å². The van der Waals surface area contributed by atoms with Gasteiger partial charge in [-0.3, -0.25) is 0 Å². The van der Waals surface area contributed by atoms with E-state index in [0.29, 0.717) is 0 Å². The number of benzene rings is 15. The van der Waals surface area contributed by atoms with Gasteiger partial charge in [-0.1, -0.05) is 316 Å². The van der Waals surface area contributed by atoms with Gasteiger partial charge in [0.05, 0.1) is 33.3 Å². The van der Waals surface area contributed by atoms with Gasteiger partial charge in [0.2, 0.25) is 0 Å². The van der Waals surface area contributed by atoms with Gasteiger partial charge in [0.15, 0.2) is 0 Å². The first-order valence-corrected chi connectivity index (χ1v) is 41.2. The van der Waals surface area contributed by atoms with Crippen LogP contribution in [0.2, 0.25) is 0 Å². The van der Waals surface area contributed by atoms with Crippen LogP contribution >= 0.6 is 0 Å². The quantitative estimate of drug-likeness (QED) is 0.134. The standard InChI is InChI=1S/C110H97BN4/c1-106(2,3)78-53-74(54-79(64-78)107(4,5)6)68-43-48-84(49-44-68)113-99-60-72(75-55-80(108(7,8)9)65-81(56-75)109(10,11)12)45-50-93(99)111-94-51-46-73(76-58-91-86-38-26-29-41-96(86)114-97-42-30-27-39-87(97)92(59-76)105(91)114)61-100(94)115(104-88(69-31-19-16-20-32-69)66-82(110(13,14)15)67-89(104)70-33-21-17-22-34-70)102-63-77(62-101(113)103(102)111)71-47-52-98-90(57-71)85-37-25-28-40-95(85)112(98)83-35-23-18-24-36-83/h16-67H,1-15H3. The van der Waals surface area contributed by atoms with E-state index in [1.54, 1.807) is 0 Å². The van der Waals surface area contributed by atoms with E-state index in [0.717, 1.165) is 67.6 Å². The predicted octanol–water partition coefficient (Wildman–Crippen LogP) is 28.5. The molecule has 0 aliphatic carbocycles. The van der Waals surface area contributed by atoms with E-state index in [4.69, 9.17) is 0 Å². The lowest BCUT2D eigenvalue weighted by atomic mass is 9.33. The highest BCUT2D eigenvalue weighted by Crippen LogP contribution is 2.55. The first-order valence-electron chi connectivity index (χ1n) is 41.2. The van der Waals surface area contributed by atoms with Gasteiger partial charge in [0.1, 0.15) is 0 Å². The predicted molar refractivity (Wildman–Crippen MR) is 496 cm³/mol. The minimum atomic E-state index is -0.230. The van der Waals surface area contributed by atoms with Crippen molar-refractivity contribution in [2.24, 2.45) is 0 Å². The van der Waals surface area contributed by atoms with Crippen LogP contribution in [0.5, 0.6) is 0 Å². The Morgan fingerprint density at radius 2 is 0.574 bits per heavy atom. The number of aromatic nitrogens is 2. The molecule has 0 bridgehead atoms. The second-order valence-electron chi connectivity index (χ2n) is 37.8. The normalized spacial score (nSPS) is 13.3. The van der Waals surface area contributed by atoms with E-state index < -0.39 is 0 Å². The van der Waals surface area contributed by atoms with Gasteiger partial charge in [-0.15, -0.1) is 0 Å². The maximum atomic E-state index is 2.74. The molecule has 0 atom stereocenters. The number of anilines is 6. The Morgan fingerprint density at radius 1 is 0.226 bits per heavy atom. The van der Waals surface area contributed by atoms with Crippen LogP contribution in [0.1, 0.15) is 132 Å². The number of hydrogen-bond acceptors (Lipinski definition) is 2. The molecule has 4 nitrogen and oxygen atoms in total. The van der Waals surface area contributed by atoms with Gasteiger partial charge in [-0.05, 0) is 230 Å². The fourth-order valence-corrected chi connectivity index (χ4v) is 18.8. The molecule has 115 heavy (non-hydrogen) atoms. The van der Waals surface area contributed by atoms with Gasteiger partial charge in [-0.2, -0.15) is 0 Å². The van der Waals surface area contributed by atoms with Crippen LogP contribution in [-0.2, 0) is 27.1 Å². The first-order chi connectivity index (χ1) is 55.2. The molecule has 5 heterocycles. The lowest BCUT2D eigenvalue weighted by Crippen LogP contribution is -2.61. The molecule has 2 aliphatic heterocycles. The van der Waals surface area contributed by atoms with Crippen molar-refractivity contribution in [1.29, 1.82) is 0 Å². The van der Waals surface area contributed by atoms with Crippen molar-refractivity contribution in [3.05, 3.63) is 343 Å². The molecule has 15 aromatic carbocycles. The average molecular weight is 1490 g/mol. The monoisotopic (exact) mass is 1480 g/mol. The van der Waals surface area contributed by atoms with Crippen molar-refractivity contribution < 1.29 is 0 Å². The Morgan fingerprint density at radius 3 is 1.06 bits per heavy atom. The van der Waals surface area contributed by atoms with Crippen LogP contribution in [0.25, 0.3) is 132 Å². The van der Waals surface area contributed by atoms with E-state index in [9.17, 15) is 0 Å². The summed E-state index contributed by atoms with van der Waals surface area (Å²) in [5.41, 5.74) is 37.9. The minimum Gasteiger partial charge on any atom is -0.311 e. The molecule has 0 N–H and O–H groups in total. The second-order valence-corrected chi connectivity index (χ2v) is 37.8. The third-order valence-electron chi connectivity index (χ3n) is 25.1. The van der Waals surface area contributed by atoms with Crippen molar-refractivity contribution in [2.75, 3.05) is 9.80 Å². The molecule has 2 aliphatic rings. The Kier molecular flexibility index (Phi) is 16.2. The number of nitrogens with zero attached hydrogens (tertiary/aromatic N) is 4. The van der Waals surface area contributed by atoms with Crippen molar-refractivity contribution in [1.82, 2.24) is 8.97 Å². The van der Waals surface area contributed by atoms with Gasteiger partial charge in [0.25, 0.3) is 6.71 Å². The van der Waals surface area contributed by atoms with E-state index in [-0.39, 0.29) is 33.8 Å². The maximum Gasteiger partial charge on any atom is 0.252 e. The molecule has 0 amide bonds. The average Bonchev–Trinajstić information content (AvgIpc) is 1.48. The van der Waals surface area contributed by atoms with E-state index >= 15 is 0 Å². The number of rotatable bonds is 9. The molecule has 18 aromatic rings. The van der Waals surface area contributed by atoms with Crippen molar-refractivity contribution in [2.45, 2.75) is 131 Å². The summed E-state index contributed by atoms with van der Waals surface area (Å²) in [6.45, 7) is 35.1. The molecule has 5 heteroatoms. The molecule has 0 saturated carbocycles. The largest absolute Gasteiger partial charge is 0.311 e. The SMILES string of the molecule is CC(C)(C)c1cc(-c2ccc(N3c4cc(-c5cc(C(C)(C)C)cc(C(C)(C)C)c5)ccc4B4c5ccc(-c6cc7c8ccccc8n8c9ccccc9c(c6)c78)cc5N(c5c(-c6ccccc6)cc(C(C)(C)C)cc5-c5ccccc5)c5cc(-c6ccc7c(c6)c6ccccc6n7-c6ccccc6)cc3c54)cc2)cc(C(C)(C)C)c1. The van der Waals surface area contributed by atoms with Gasteiger partial charge >= 0.3 is 0 Å². The summed E-state index contributed by atoms with van der Waals surface area (Å²) in [6.07, 6.45) is 0. The smallest absolute Gasteiger partial charge is 0.252 e. The Balaban J connectivity index is 0.931. The highest BCUT2D eigenvalue weighted by atomic mass is 15.2. The molecule has 20 rings (SSSR count). The highest BCUT2D eigenvalue weighted by Gasteiger charge is 2.46. The van der Waals surface area contributed by atoms with E-state index in [2.05, 4.69) is 438 Å². The molecule has 560 valence electrons. The summed E-state index contributed by atoms with van der Waals surface area (Å²) >= 11 is 0. The molecule has 0 fully saturated rings. The zero-order valence-electron chi connectivity index (χ0n) is 68.9. The first kappa shape index (κ1) is 71.6. The van der Waals surface area contributed by atoms with Crippen molar-refractivity contribution in [3.63, 3.8) is 0 Å². The molecule has 3 aromatic heterocycles. The highest BCUT2D eigenvalue weighted by molar-refractivity contribution is 7.00. The van der Waals surface area contributed by atoms with Crippen molar-refractivity contribution >= 4 is 117 Å². The fourth-order valence-electron chi connectivity index (χ4n) is 18.8.